The molecule has 3 rings (SSSR count). The molecule has 7 nitrogen and oxygen atoms in total. The van der Waals surface area contributed by atoms with E-state index in [1.807, 2.05) is 6.26 Å². The average Bonchev–Trinajstić information content (AvgIpc) is 2.66. The largest absolute Gasteiger partial charge is 0.329 e. The van der Waals surface area contributed by atoms with E-state index in [1.165, 1.54) is 18.0 Å². The van der Waals surface area contributed by atoms with Crippen LogP contribution in [0.2, 0.25) is 5.02 Å². The zero-order chi connectivity index (χ0) is 19.4. The summed E-state index contributed by atoms with van der Waals surface area (Å²) in [4.78, 5) is 45.0. The molecule has 0 unspecified atom stereocenters. The lowest BCUT2D eigenvalue weighted by atomic mass is 10.2. The Morgan fingerprint density at radius 2 is 2.07 bits per heavy atom. The third-order valence-electron chi connectivity index (χ3n) is 4.03. The minimum atomic E-state index is -0.962. The van der Waals surface area contributed by atoms with Crippen LogP contribution in [0.1, 0.15) is 12.5 Å². The van der Waals surface area contributed by atoms with Crippen molar-refractivity contribution < 1.29 is 4.79 Å². The van der Waals surface area contributed by atoms with E-state index in [-0.39, 0.29) is 0 Å². The molecule has 0 saturated heterocycles. The number of nitrogens with one attached hydrogen (secondary N) is 2. The monoisotopic (exact) mass is 404 g/mol. The van der Waals surface area contributed by atoms with Gasteiger partial charge in [0.1, 0.15) is 11.9 Å². The number of nitrogens with zero attached hydrogens (tertiary/aromatic N) is 2. The maximum Gasteiger partial charge on any atom is 0.329 e. The fourth-order valence-corrected chi connectivity index (χ4v) is 3.30. The van der Waals surface area contributed by atoms with E-state index >= 15 is 0 Å². The number of halogens is 1. The standard InChI is InChI=1S/C18H17ClN4O3S/c1-27-9-8-14(16(24)22-15-7-6-11(19)10-20-15)23-17(25)12-4-2-3-5-13(12)21-18(23)26/h2-7,10,14H,8-9H2,1H3,(H,21,26)(H,20,22,24)/t14-/m0/s1. The Kier molecular flexibility index (Phi) is 5.98. The van der Waals surface area contributed by atoms with Gasteiger partial charge in [0, 0.05) is 6.20 Å². The van der Waals surface area contributed by atoms with Gasteiger partial charge >= 0.3 is 5.69 Å². The summed E-state index contributed by atoms with van der Waals surface area (Å²) >= 11 is 7.33. The van der Waals surface area contributed by atoms with Gasteiger partial charge in [-0.2, -0.15) is 11.8 Å². The lowest BCUT2D eigenvalue weighted by Gasteiger charge is -2.18. The molecule has 0 radical (unpaired) electrons. The van der Waals surface area contributed by atoms with Crippen LogP contribution in [-0.2, 0) is 4.79 Å². The molecular formula is C18H17ClN4O3S. The normalized spacial score (nSPS) is 12.1. The Bertz CT molecular complexity index is 1080. The van der Waals surface area contributed by atoms with Crippen molar-refractivity contribution in [2.24, 2.45) is 0 Å². The second-order valence-electron chi connectivity index (χ2n) is 5.80. The van der Waals surface area contributed by atoms with Gasteiger partial charge in [0.2, 0.25) is 5.91 Å². The van der Waals surface area contributed by atoms with Crippen molar-refractivity contribution >= 4 is 46.0 Å². The first-order valence-electron chi connectivity index (χ1n) is 8.16. The van der Waals surface area contributed by atoms with Crippen LogP contribution in [0.3, 0.4) is 0 Å². The number of aromatic amines is 1. The van der Waals surface area contributed by atoms with Crippen LogP contribution in [-0.4, -0.2) is 32.5 Å². The quantitative estimate of drug-likeness (QED) is 0.658. The fourth-order valence-electron chi connectivity index (χ4n) is 2.73. The lowest BCUT2D eigenvalue weighted by molar-refractivity contribution is -0.119. The molecule has 0 aliphatic rings. The number of fused-ring (bicyclic) bond motifs is 1. The van der Waals surface area contributed by atoms with E-state index in [0.717, 1.165) is 4.57 Å². The molecule has 9 heteroatoms. The number of carbonyl (C=O) groups excluding carboxylic acids is 1. The molecule has 0 fully saturated rings. The number of thioether (sulfide) groups is 1. The zero-order valence-electron chi connectivity index (χ0n) is 14.4. The number of hydrogen-bond acceptors (Lipinski definition) is 5. The molecule has 27 heavy (non-hydrogen) atoms. The van der Waals surface area contributed by atoms with Crippen molar-refractivity contribution in [1.82, 2.24) is 14.5 Å². The van der Waals surface area contributed by atoms with Crippen molar-refractivity contribution in [3.05, 3.63) is 68.5 Å². The molecule has 2 aromatic heterocycles. The predicted octanol–water partition coefficient (Wildman–Crippen LogP) is 2.67. The van der Waals surface area contributed by atoms with Crippen molar-refractivity contribution in [2.45, 2.75) is 12.5 Å². The van der Waals surface area contributed by atoms with E-state index in [2.05, 4.69) is 15.3 Å². The van der Waals surface area contributed by atoms with Crippen LogP contribution in [0.4, 0.5) is 5.82 Å². The molecule has 0 aliphatic carbocycles. The van der Waals surface area contributed by atoms with Crippen LogP contribution >= 0.6 is 23.4 Å². The number of amides is 1. The smallest absolute Gasteiger partial charge is 0.309 e. The number of para-hydroxylation sites is 1. The highest BCUT2D eigenvalue weighted by atomic mass is 35.5. The van der Waals surface area contributed by atoms with Gasteiger partial charge in [-0.25, -0.2) is 14.3 Å². The minimum Gasteiger partial charge on any atom is -0.309 e. The van der Waals surface area contributed by atoms with Gasteiger partial charge in [0.05, 0.1) is 15.9 Å². The van der Waals surface area contributed by atoms with Crippen LogP contribution in [0.15, 0.2) is 52.2 Å². The first-order valence-corrected chi connectivity index (χ1v) is 9.93. The second-order valence-corrected chi connectivity index (χ2v) is 7.22. The topological polar surface area (TPSA) is 96.8 Å². The van der Waals surface area contributed by atoms with E-state index in [9.17, 15) is 14.4 Å². The van der Waals surface area contributed by atoms with Crippen LogP contribution < -0.4 is 16.6 Å². The van der Waals surface area contributed by atoms with Gasteiger partial charge in [-0.3, -0.25) is 9.59 Å². The summed E-state index contributed by atoms with van der Waals surface area (Å²) < 4.78 is 0.976. The minimum absolute atomic E-state index is 0.295. The Labute approximate surface area is 163 Å². The van der Waals surface area contributed by atoms with Gasteiger partial charge in [-0.15, -0.1) is 0 Å². The highest BCUT2D eigenvalue weighted by Gasteiger charge is 2.25. The number of anilines is 1. The number of rotatable bonds is 6. The van der Waals surface area contributed by atoms with Crippen molar-refractivity contribution in [1.29, 1.82) is 0 Å². The molecule has 0 bridgehead atoms. The Hall–Kier alpha value is -2.58. The highest BCUT2D eigenvalue weighted by Crippen LogP contribution is 2.16. The molecule has 2 N–H and O–H groups in total. The second kappa shape index (κ2) is 8.41. The zero-order valence-corrected chi connectivity index (χ0v) is 16.0. The molecule has 1 aromatic carbocycles. The predicted molar refractivity (Wildman–Crippen MR) is 109 cm³/mol. The van der Waals surface area contributed by atoms with Crippen LogP contribution in [0.5, 0.6) is 0 Å². The van der Waals surface area contributed by atoms with Gasteiger partial charge in [-0.1, -0.05) is 23.7 Å². The number of carbonyl (C=O) groups is 1. The van der Waals surface area contributed by atoms with Crippen molar-refractivity contribution in [3.8, 4) is 0 Å². The maximum absolute atomic E-state index is 12.9. The molecule has 1 amide bonds. The Morgan fingerprint density at radius 1 is 1.30 bits per heavy atom. The first kappa shape index (κ1) is 19.2. The number of aromatic nitrogens is 3. The fraction of sp³-hybridized carbons (Fsp3) is 0.222. The molecule has 2 heterocycles. The molecule has 0 spiro atoms. The maximum atomic E-state index is 12.9. The Morgan fingerprint density at radius 3 is 2.78 bits per heavy atom. The summed E-state index contributed by atoms with van der Waals surface area (Å²) in [6, 6.07) is 8.89. The lowest BCUT2D eigenvalue weighted by Crippen LogP contribution is -2.43. The summed E-state index contributed by atoms with van der Waals surface area (Å²) in [7, 11) is 0. The molecule has 1 atom stereocenters. The van der Waals surface area contributed by atoms with E-state index in [0.29, 0.717) is 33.9 Å². The summed E-state index contributed by atoms with van der Waals surface area (Å²) in [5.74, 6) is 0.413. The van der Waals surface area contributed by atoms with Gasteiger partial charge in [0.25, 0.3) is 5.56 Å². The summed E-state index contributed by atoms with van der Waals surface area (Å²) in [5.41, 5.74) is -0.684. The van der Waals surface area contributed by atoms with E-state index in [4.69, 9.17) is 11.6 Å². The van der Waals surface area contributed by atoms with E-state index < -0.39 is 23.2 Å². The molecule has 140 valence electrons. The average molecular weight is 405 g/mol. The van der Waals surface area contributed by atoms with Gasteiger partial charge in [0.15, 0.2) is 0 Å². The highest BCUT2D eigenvalue weighted by molar-refractivity contribution is 7.98. The van der Waals surface area contributed by atoms with Crippen LogP contribution in [0.25, 0.3) is 10.9 Å². The van der Waals surface area contributed by atoms with Gasteiger partial charge in [-0.05, 0) is 42.7 Å². The Balaban J connectivity index is 2.03. The number of H-pyrrole nitrogens is 1. The first-order chi connectivity index (χ1) is 13.0. The number of hydrogen-bond donors (Lipinski definition) is 2. The molecule has 3 aromatic rings. The number of benzene rings is 1. The summed E-state index contributed by atoms with van der Waals surface area (Å²) in [6.07, 6.45) is 3.62. The molecule has 0 aliphatic heterocycles. The summed E-state index contributed by atoms with van der Waals surface area (Å²) in [5, 5.41) is 3.44. The number of pyridine rings is 1. The molecule has 0 saturated carbocycles. The van der Waals surface area contributed by atoms with E-state index in [1.54, 1.807) is 36.4 Å². The molecular weight excluding hydrogens is 388 g/mol. The van der Waals surface area contributed by atoms with Gasteiger partial charge < -0.3 is 10.3 Å². The van der Waals surface area contributed by atoms with Crippen molar-refractivity contribution in [3.63, 3.8) is 0 Å². The third kappa shape index (κ3) is 4.23. The van der Waals surface area contributed by atoms with Crippen molar-refractivity contribution in [2.75, 3.05) is 17.3 Å². The summed E-state index contributed by atoms with van der Waals surface area (Å²) in [6.45, 7) is 0. The SMILES string of the molecule is CSCC[C@@H](C(=O)Nc1ccc(Cl)cn1)n1c(=O)[nH]c2ccccc2c1=O. The third-order valence-corrected chi connectivity index (χ3v) is 4.89. The van der Waals surface area contributed by atoms with Crippen LogP contribution in [0, 0.1) is 0 Å².